The number of hydrogen-bond donors (Lipinski definition) is 1. The molecular formula is C20H20N4O2. The van der Waals surface area contributed by atoms with Crippen molar-refractivity contribution in [1.29, 1.82) is 0 Å². The van der Waals surface area contributed by atoms with Gasteiger partial charge < -0.3 is 10.2 Å². The van der Waals surface area contributed by atoms with Gasteiger partial charge in [0.15, 0.2) is 0 Å². The largest absolute Gasteiger partial charge is 0.322 e. The van der Waals surface area contributed by atoms with E-state index >= 15 is 0 Å². The van der Waals surface area contributed by atoms with Gasteiger partial charge >= 0.3 is 0 Å². The molecular weight excluding hydrogens is 328 g/mol. The van der Waals surface area contributed by atoms with Crippen LogP contribution in [0.1, 0.15) is 28.7 Å². The molecule has 0 saturated heterocycles. The summed E-state index contributed by atoms with van der Waals surface area (Å²) < 4.78 is 0. The molecule has 132 valence electrons. The highest BCUT2D eigenvalue weighted by molar-refractivity contribution is 6.06. The number of nitrogens with zero attached hydrogens (tertiary/aromatic N) is 3. The first kappa shape index (κ1) is 17.5. The second-order valence-electron chi connectivity index (χ2n) is 6.18. The van der Waals surface area contributed by atoms with E-state index < -0.39 is 0 Å². The van der Waals surface area contributed by atoms with Gasteiger partial charge in [0.05, 0.1) is 22.4 Å². The molecule has 0 aliphatic heterocycles. The molecule has 2 aromatic carbocycles. The van der Waals surface area contributed by atoms with Crippen LogP contribution in [0.3, 0.4) is 0 Å². The van der Waals surface area contributed by atoms with Crippen LogP contribution < -0.4 is 10.2 Å². The van der Waals surface area contributed by atoms with Gasteiger partial charge in [0.1, 0.15) is 0 Å². The minimum atomic E-state index is -0.223. The lowest BCUT2D eigenvalue weighted by Crippen LogP contribution is -2.22. The van der Waals surface area contributed by atoms with Crippen LogP contribution >= 0.6 is 0 Å². The topological polar surface area (TPSA) is 75.2 Å². The van der Waals surface area contributed by atoms with Crippen LogP contribution in [0.25, 0.3) is 11.0 Å². The van der Waals surface area contributed by atoms with Crippen molar-refractivity contribution in [3.05, 3.63) is 59.4 Å². The van der Waals surface area contributed by atoms with Gasteiger partial charge in [0, 0.05) is 30.9 Å². The van der Waals surface area contributed by atoms with Crippen LogP contribution in [0, 0.1) is 13.8 Å². The lowest BCUT2D eigenvalue weighted by molar-refractivity contribution is -0.116. The third kappa shape index (κ3) is 3.54. The normalized spacial score (nSPS) is 10.6. The molecule has 0 bridgehead atoms. The monoisotopic (exact) mass is 348 g/mol. The molecule has 6 nitrogen and oxygen atoms in total. The van der Waals surface area contributed by atoms with Crippen LogP contribution in [0.4, 0.5) is 11.4 Å². The first-order valence-corrected chi connectivity index (χ1v) is 8.26. The van der Waals surface area contributed by atoms with E-state index in [2.05, 4.69) is 15.3 Å². The van der Waals surface area contributed by atoms with Crippen LogP contribution in [0.5, 0.6) is 0 Å². The zero-order valence-corrected chi connectivity index (χ0v) is 15.2. The van der Waals surface area contributed by atoms with Crippen molar-refractivity contribution < 1.29 is 9.59 Å². The number of aryl methyl sites for hydroxylation is 2. The minimum Gasteiger partial charge on any atom is -0.322 e. The molecule has 1 N–H and O–H groups in total. The van der Waals surface area contributed by atoms with Gasteiger partial charge in [-0.3, -0.25) is 9.59 Å². The van der Waals surface area contributed by atoms with E-state index in [9.17, 15) is 9.59 Å². The maximum atomic E-state index is 12.5. The van der Waals surface area contributed by atoms with E-state index in [-0.39, 0.29) is 11.8 Å². The number of amides is 2. The molecule has 1 aromatic heterocycles. The molecule has 0 aliphatic rings. The average Bonchev–Trinajstić information content (AvgIpc) is 2.62. The summed E-state index contributed by atoms with van der Waals surface area (Å²) >= 11 is 0. The van der Waals surface area contributed by atoms with E-state index in [1.807, 2.05) is 13.8 Å². The fourth-order valence-corrected chi connectivity index (χ4v) is 2.53. The number of rotatable bonds is 3. The summed E-state index contributed by atoms with van der Waals surface area (Å²) in [7, 11) is 1.70. The van der Waals surface area contributed by atoms with E-state index in [4.69, 9.17) is 0 Å². The van der Waals surface area contributed by atoms with E-state index in [0.29, 0.717) is 16.8 Å². The summed E-state index contributed by atoms with van der Waals surface area (Å²) in [5.41, 5.74) is 5.12. The van der Waals surface area contributed by atoms with Crippen LogP contribution in [-0.2, 0) is 4.79 Å². The molecule has 0 atom stereocenters. The Morgan fingerprint density at radius 2 is 1.54 bits per heavy atom. The summed E-state index contributed by atoms with van der Waals surface area (Å²) in [6, 6.07) is 12.4. The highest BCUT2D eigenvalue weighted by Gasteiger charge is 2.10. The fraction of sp³-hybridized carbons (Fsp3) is 0.200. The number of hydrogen-bond acceptors (Lipinski definition) is 4. The van der Waals surface area contributed by atoms with Crippen molar-refractivity contribution in [3.63, 3.8) is 0 Å². The highest BCUT2D eigenvalue weighted by atomic mass is 16.2. The Labute approximate surface area is 151 Å². The third-order valence-corrected chi connectivity index (χ3v) is 4.32. The van der Waals surface area contributed by atoms with Crippen molar-refractivity contribution in [3.8, 4) is 0 Å². The van der Waals surface area contributed by atoms with Crippen LogP contribution in [-0.4, -0.2) is 28.8 Å². The Balaban J connectivity index is 1.80. The van der Waals surface area contributed by atoms with Crippen molar-refractivity contribution in [2.75, 3.05) is 17.3 Å². The van der Waals surface area contributed by atoms with Gasteiger partial charge in [0.25, 0.3) is 5.91 Å². The van der Waals surface area contributed by atoms with Crippen molar-refractivity contribution in [2.45, 2.75) is 20.8 Å². The van der Waals surface area contributed by atoms with Gasteiger partial charge in [-0.15, -0.1) is 0 Å². The Bertz CT molecular complexity index is 997. The summed E-state index contributed by atoms with van der Waals surface area (Å²) in [4.78, 5) is 34.4. The highest BCUT2D eigenvalue weighted by Crippen LogP contribution is 2.19. The summed E-state index contributed by atoms with van der Waals surface area (Å²) in [5, 5.41) is 2.85. The molecule has 1 heterocycles. The van der Waals surface area contributed by atoms with Crippen molar-refractivity contribution in [2.24, 2.45) is 0 Å². The molecule has 0 aliphatic carbocycles. The Hall–Kier alpha value is -3.28. The smallest absolute Gasteiger partial charge is 0.255 e. The van der Waals surface area contributed by atoms with E-state index in [1.54, 1.807) is 49.5 Å². The molecule has 6 heteroatoms. The Morgan fingerprint density at radius 1 is 0.923 bits per heavy atom. The van der Waals surface area contributed by atoms with E-state index in [0.717, 1.165) is 22.6 Å². The number of aromatic nitrogens is 2. The maximum absolute atomic E-state index is 12.5. The molecule has 0 spiro atoms. The summed E-state index contributed by atoms with van der Waals surface area (Å²) in [5.74, 6) is -0.274. The Morgan fingerprint density at radius 3 is 2.15 bits per heavy atom. The van der Waals surface area contributed by atoms with Gasteiger partial charge in [-0.05, 0) is 56.3 Å². The molecule has 26 heavy (non-hydrogen) atoms. The number of carbonyl (C=O) groups is 2. The quantitative estimate of drug-likeness (QED) is 0.786. The fourth-order valence-electron chi connectivity index (χ4n) is 2.53. The lowest BCUT2D eigenvalue weighted by atomic mass is 10.1. The van der Waals surface area contributed by atoms with E-state index in [1.165, 1.54) is 11.8 Å². The van der Waals surface area contributed by atoms with Gasteiger partial charge in [-0.25, -0.2) is 9.97 Å². The number of nitrogens with one attached hydrogen (secondary N) is 1. The molecule has 0 unspecified atom stereocenters. The van der Waals surface area contributed by atoms with Gasteiger partial charge in [-0.2, -0.15) is 0 Å². The maximum Gasteiger partial charge on any atom is 0.255 e. The summed E-state index contributed by atoms with van der Waals surface area (Å²) in [6.45, 7) is 5.31. The second kappa shape index (κ2) is 6.92. The predicted molar refractivity (Wildman–Crippen MR) is 102 cm³/mol. The third-order valence-electron chi connectivity index (χ3n) is 4.32. The predicted octanol–water partition coefficient (Wildman–Crippen LogP) is 3.48. The second-order valence-corrected chi connectivity index (χ2v) is 6.18. The molecule has 0 radical (unpaired) electrons. The Kier molecular flexibility index (Phi) is 4.67. The van der Waals surface area contributed by atoms with Crippen LogP contribution in [0.15, 0.2) is 42.5 Å². The standard InChI is InChI=1S/C20H20N4O2/c1-12-13(2)22-19-11-15(5-10-18(19)21-12)20(26)23-16-6-8-17(9-7-16)24(4)14(3)25/h5-11H,1-4H3,(H,23,26). The first-order valence-electron chi connectivity index (χ1n) is 8.26. The van der Waals surface area contributed by atoms with Gasteiger partial charge in [0.2, 0.25) is 5.91 Å². The van der Waals surface area contributed by atoms with Crippen molar-refractivity contribution in [1.82, 2.24) is 9.97 Å². The molecule has 3 aromatic rings. The SMILES string of the molecule is CC(=O)N(C)c1ccc(NC(=O)c2ccc3nc(C)c(C)nc3c2)cc1. The van der Waals surface area contributed by atoms with Crippen LogP contribution in [0.2, 0.25) is 0 Å². The number of anilines is 2. The lowest BCUT2D eigenvalue weighted by Gasteiger charge is -2.15. The number of carbonyl (C=O) groups excluding carboxylic acids is 2. The van der Waals surface area contributed by atoms with Crippen molar-refractivity contribution >= 4 is 34.2 Å². The first-order chi connectivity index (χ1) is 12.3. The molecule has 0 fully saturated rings. The molecule has 3 rings (SSSR count). The molecule has 0 saturated carbocycles. The zero-order valence-electron chi connectivity index (χ0n) is 15.2. The minimum absolute atomic E-state index is 0.0513. The zero-order chi connectivity index (χ0) is 18.8. The summed E-state index contributed by atoms with van der Waals surface area (Å²) in [6.07, 6.45) is 0. The molecule has 2 amide bonds. The number of fused-ring (bicyclic) bond motifs is 1. The van der Waals surface area contributed by atoms with Gasteiger partial charge in [-0.1, -0.05) is 0 Å². The average molecular weight is 348 g/mol. The number of benzene rings is 2.